The Balaban J connectivity index is 1.42. The molecule has 0 amide bonds. The molecule has 8 heteroatoms. The van der Waals surface area contributed by atoms with Crippen LogP contribution in [-0.2, 0) is 19.6 Å². The van der Waals surface area contributed by atoms with Crippen molar-refractivity contribution in [1.82, 2.24) is 19.7 Å². The van der Waals surface area contributed by atoms with E-state index < -0.39 is 5.97 Å². The van der Waals surface area contributed by atoms with E-state index in [-0.39, 0.29) is 17.5 Å². The van der Waals surface area contributed by atoms with E-state index >= 15 is 0 Å². The lowest BCUT2D eigenvalue weighted by atomic mass is 9.96. The van der Waals surface area contributed by atoms with Crippen molar-refractivity contribution >= 4 is 5.97 Å². The molecule has 1 N–H and O–H groups in total. The molecular weight excluding hydrogens is 504 g/mol. The number of aromatic nitrogens is 3. The lowest BCUT2D eigenvalue weighted by Crippen LogP contribution is -2.35. The summed E-state index contributed by atoms with van der Waals surface area (Å²) in [6, 6.07) is 18.8. The monoisotopic (exact) mass is 540 g/mol. The van der Waals surface area contributed by atoms with Gasteiger partial charge in [-0.3, -0.25) is 4.90 Å². The average molecular weight is 541 g/mol. The van der Waals surface area contributed by atoms with Crippen LogP contribution in [0.5, 0.6) is 11.6 Å². The van der Waals surface area contributed by atoms with E-state index in [1.165, 1.54) is 22.0 Å². The molecular formula is C32H36N4O4. The zero-order chi connectivity index (χ0) is 28.4. The van der Waals surface area contributed by atoms with E-state index in [1.807, 2.05) is 51.1 Å². The molecule has 40 heavy (non-hydrogen) atoms. The Bertz CT molecular complexity index is 1530. The Morgan fingerprint density at radius 2 is 1.85 bits per heavy atom. The SMILES string of the molecule is Cc1cccc(-c2cccc(-n3ncc(C(=O)O)c3OC(C)C)n2)c1OCc1ccc2c(c1)CCN(C(C)C)C2. The first kappa shape index (κ1) is 27.4. The van der Waals surface area contributed by atoms with Crippen molar-refractivity contribution in [2.45, 2.75) is 66.3 Å². The number of ether oxygens (including phenoxy) is 2. The maximum absolute atomic E-state index is 11.8. The smallest absolute Gasteiger partial charge is 0.342 e. The van der Waals surface area contributed by atoms with Gasteiger partial charge in [-0.1, -0.05) is 36.4 Å². The van der Waals surface area contributed by atoms with Crippen molar-refractivity contribution < 1.29 is 19.4 Å². The molecule has 0 saturated heterocycles. The van der Waals surface area contributed by atoms with Gasteiger partial charge in [0.25, 0.3) is 0 Å². The Hall–Kier alpha value is -4.17. The number of fused-ring (bicyclic) bond motifs is 1. The van der Waals surface area contributed by atoms with Gasteiger partial charge in [0.2, 0.25) is 5.88 Å². The normalized spacial score (nSPS) is 13.5. The average Bonchev–Trinajstić information content (AvgIpc) is 3.35. The standard InChI is InChI=1S/C32H36N4O4/c1-20(2)35-15-14-24-16-23(12-13-25(24)18-35)19-39-30-22(5)8-6-9-26(30)28-10-7-11-29(34-28)36-31(40-21(3)4)27(17-33-36)32(37)38/h6-13,16-17,20-21H,14-15,18-19H2,1-5H3,(H,37,38). The van der Waals surface area contributed by atoms with Gasteiger partial charge in [0.1, 0.15) is 17.9 Å². The summed E-state index contributed by atoms with van der Waals surface area (Å²) in [5.41, 5.74) is 6.47. The number of hydrogen-bond donors (Lipinski definition) is 1. The molecule has 5 rings (SSSR count). The molecule has 0 bridgehead atoms. The third-order valence-corrected chi connectivity index (χ3v) is 7.17. The lowest BCUT2D eigenvalue weighted by molar-refractivity contribution is 0.0690. The van der Waals surface area contributed by atoms with E-state index in [0.29, 0.717) is 24.2 Å². The topological polar surface area (TPSA) is 89.7 Å². The summed E-state index contributed by atoms with van der Waals surface area (Å²) >= 11 is 0. The van der Waals surface area contributed by atoms with Crippen LogP contribution in [0.3, 0.4) is 0 Å². The third kappa shape index (κ3) is 5.72. The zero-order valence-electron chi connectivity index (χ0n) is 23.7. The fourth-order valence-corrected chi connectivity index (χ4v) is 5.03. The van der Waals surface area contributed by atoms with Crippen LogP contribution in [0.15, 0.2) is 60.8 Å². The summed E-state index contributed by atoms with van der Waals surface area (Å²) < 4.78 is 13.7. The van der Waals surface area contributed by atoms with E-state index in [1.54, 1.807) is 6.07 Å². The molecule has 0 radical (unpaired) electrons. The first-order valence-corrected chi connectivity index (χ1v) is 13.7. The van der Waals surface area contributed by atoms with Crippen LogP contribution in [0.4, 0.5) is 0 Å². The zero-order valence-corrected chi connectivity index (χ0v) is 23.7. The highest BCUT2D eigenvalue weighted by atomic mass is 16.5. The van der Waals surface area contributed by atoms with Crippen LogP contribution < -0.4 is 9.47 Å². The summed E-state index contributed by atoms with van der Waals surface area (Å²) in [5.74, 6) is 0.267. The molecule has 0 atom stereocenters. The first-order chi connectivity index (χ1) is 19.2. The summed E-state index contributed by atoms with van der Waals surface area (Å²) in [6.07, 6.45) is 2.10. The number of nitrogens with zero attached hydrogens (tertiary/aromatic N) is 4. The molecule has 3 heterocycles. The molecule has 2 aromatic carbocycles. The number of aromatic carboxylic acids is 1. The summed E-state index contributed by atoms with van der Waals surface area (Å²) in [7, 11) is 0. The number of pyridine rings is 1. The number of para-hydroxylation sites is 1. The second kappa shape index (κ2) is 11.5. The molecule has 8 nitrogen and oxygen atoms in total. The highest BCUT2D eigenvalue weighted by molar-refractivity contribution is 5.90. The number of carbonyl (C=O) groups is 1. The van der Waals surface area contributed by atoms with Crippen LogP contribution >= 0.6 is 0 Å². The van der Waals surface area contributed by atoms with Crippen molar-refractivity contribution in [3.8, 4) is 28.7 Å². The maximum Gasteiger partial charge on any atom is 0.342 e. The molecule has 0 unspecified atom stereocenters. The van der Waals surface area contributed by atoms with Crippen molar-refractivity contribution in [1.29, 1.82) is 0 Å². The van der Waals surface area contributed by atoms with Gasteiger partial charge >= 0.3 is 5.97 Å². The Kier molecular flexibility index (Phi) is 7.89. The van der Waals surface area contributed by atoms with Gasteiger partial charge in [-0.2, -0.15) is 9.78 Å². The summed E-state index contributed by atoms with van der Waals surface area (Å²) in [6.45, 7) is 12.7. The van der Waals surface area contributed by atoms with Gasteiger partial charge < -0.3 is 14.6 Å². The second-order valence-electron chi connectivity index (χ2n) is 10.8. The predicted octanol–water partition coefficient (Wildman–Crippen LogP) is 6.07. The lowest BCUT2D eigenvalue weighted by Gasteiger charge is -2.32. The van der Waals surface area contributed by atoms with E-state index in [9.17, 15) is 9.90 Å². The molecule has 1 aliphatic heterocycles. The van der Waals surface area contributed by atoms with Gasteiger partial charge in [0.15, 0.2) is 5.82 Å². The Morgan fingerprint density at radius 1 is 1.05 bits per heavy atom. The molecule has 0 fully saturated rings. The van der Waals surface area contributed by atoms with Gasteiger partial charge in [-0.25, -0.2) is 9.78 Å². The van der Waals surface area contributed by atoms with Gasteiger partial charge in [0, 0.05) is 24.7 Å². The number of carboxylic acids is 1. The number of benzene rings is 2. The quantitative estimate of drug-likeness (QED) is 0.275. The molecule has 0 saturated carbocycles. The van der Waals surface area contributed by atoms with Crippen molar-refractivity contribution in [2.75, 3.05) is 6.54 Å². The van der Waals surface area contributed by atoms with Crippen LogP contribution in [0.25, 0.3) is 17.1 Å². The van der Waals surface area contributed by atoms with E-state index in [4.69, 9.17) is 14.5 Å². The van der Waals surface area contributed by atoms with Gasteiger partial charge in [-0.15, -0.1) is 0 Å². The summed E-state index contributed by atoms with van der Waals surface area (Å²) in [5, 5.41) is 13.9. The second-order valence-corrected chi connectivity index (χ2v) is 10.8. The number of carboxylic acid groups (broad SMARTS) is 1. The van der Waals surface area contributed by atoms with Crippen LogP contribution in [0.1, 0.15) is 60.3 Å². The van der Waals surface area contributed by atoms with Crippen molar-refractivity contribution in [3.05, 3.63) is 88.6 Å². The predicted molar refractivity (Wildman–Crippen MR) is 154 cm³/mol. The molecule has 4 aromatic rings. The fraction of sp³-hybridized carbons (Fsp3) is 0.344. The first-order valence-electron chi connectivity index (χ1n) is 13.7. The molecule has 0 spiro atoms. The van der Waals surface area contributed by atoms with Crippen molar-refractivity contribution in [3.63, 3.8) is 0 Å². The van der Waals surface area contributed by atoms with Crippen LogP contribution in [-0.4, -0.2) is 49.4 Å². The number of aryl methyl sites for hydroxylation is 1. The Labute approximate surface area is 235 Å². The summed E-state index contributed by atoms with van der Waals surface area (Å²) in [4.78, 5) is 19.1. The minimum absolute atomic E-state index is 0.0116. The molecule has 1 aliphatic rings. The molecule has 0 aliphatic carbocycles. The third-order valence-electron chi connectivity index (χ3n) is 7.17. The molecule has 2 aromatic heterocycles. The minimum atomic E-state index is -1.10. The van der Waals surface area contributed by atoms with E-state index in [2.05, 4.69) is 42.0 Å². The highest BCUT2D eigenvalue weighted by Crippen LogP contribution is 2.34. The minimum Gasteiger partial charge on any atom is -0.488 e. The molecule has 208 valence electrons. The fourth-order valence-electron chi connectivity index (χ4n) is 5.03. The Morgan fingerprint density at radius 3 is 2.60 bits per heavy atom. The van der Waals surface area contributed by atoms with Gasteiger partial charge in [-0.05, 0) is 81.5 Å². The van der Waals surface area contributed by atoms with E-state index in [0.717, 1.165) is 42.0 Å². The highest BCUT2D eigenvalue weighted by Gasteiger charge is 2.22. The van der Waals surface area contributed by atoms with Gasteiger partial charge in [0.05, 0.1) is 18.0 Å². The maximum atomic E-state index is 11.8. The number of rotatable bonds is 9. The van der Waals surface area contributed by atoms with Crippen LogP contribution in [0.2, 0.25) is 0 Å². The van der Waals surface area contributed by atoms with Crippen LogP contribution in [0, 0.1) is 6.92 Å². The van der Waals surface area contributed by atoms with Crippen molar-refractivity contribution in [2.24, 2.45) is 0 Å². The largest absolute Gasteiger partial charge is 0.488 e. The number of hydrogen-bond acceptors (Lipinski definition) is 6.